The van der Waals surface area contributed by atoms with Gasteiger partial charge in [0.05, 0.1) is 0 Å². The van der Waals surface area contributed by atoms with Crippen molar-refractivity contribution >= 4 is 6.47 Å². The Labute approximate surface area is 37.0 Å². The normalized spacial score (nSPS) is 3.40. The first-order chi connectivity index (χ1) is 2.41. The van der Waals surface area contributed by atoms with Gasteiger partial charge in [-0.05, 0) is 0 Å². The second-order valence-corrected chi connectivity index (χ2v) is 0.105. The van der Waals surface area contributed by atoms with Crippen LogP contribution in [0.2, 0.25) is 0 Å². The van der Waals surface area contributed by atoms with E-state index in [0.29, 0.717) is 0 Å². The van der Waals surface area contributed by atoms with Crippen molar-refractivity contribution in [3.8, 4) is 0 Å². The first-order valence-electron chi connectivity index (χ1n) is 0.638. The van der Waals surface area contributed by atoms with E-state index >= 15 is 0 Å². The molecule has 0 aliphatic rings. The number of rotatable bonds is 0. The van der Waals surface area contributed by atoms with Crippen molar-refractivity contribution in [1.82, 2.24) is 0 Å². The van der Waals surface area contributed by atoms with Gasteiger partial charge < -0.3 is 5.11 Å². The first kappa shape index (κ1) is 8.84. The van der Waals surface area contributed by atoms with Gasteiger partial charge in [-0.1, -0.05) is 0 Å². The van der Waals surface area contributed by atoms with Gasteiger partial charge >= 0.3 is 19.8 Å². The van der Waals surface area contributed by atoms with Crippen LogP contribution in [-0.2, 0) is 24.6 Å². The summed E-state index contributed by atoms with van der Waals surface area (Å²) in [6, 6.07) is 0. The van der Waals surface area contributed by atoms with Crippen molar-refractivity contribution in [1.29, 1.82) is 0 Å². The van der Waals surface area contributed by atoms with Crippen LogP contribution in [0.15, 0.2) is 0 Å². The SMILES string of the molecule is O=CO.[O]=[Fe]. The van der Waals surface area contributed by atoms with Crippen LogP contribution in [0, 0.1) is 0 Å². The Hall–Kier alpha value is -0.211. The maximum absolute atomic E-state index is 8.36. The third kappa shape index (κ3) is 274. The number of carbonyl (C=O) groups is 1. The van der Waals surface area contributed by atoms with Crippen molar-refractivity contribution in [2.75, 3.05) is 0 Å². The van der Waals surface area contributed by atoms with Crippen LogP contribution < -0.4 is 0 Å². The third-order valence-electron chi connectivity index (χ3n) is 0. The summed E-state index contributed by atoms with van der Waals surface area (Å²) in [5, 5.41) is 6.89. The predicted molar refractivity (Wildman–Crippen MR) is 9.38 cm³/mol. The molecule has 0 heterocycles. The minimum absolute atomic E-state index is 0.250. The van der Waals surface area contributed by atoms with E-state index in [4.69, 9.17) is 13.7 Å². The molecular formula is CH2FeO3. The molecule has 0 saturated heterocycles. The molecule has 0 bridgehead atoms. The van der Waals surface area contributed by atoms with Gasteiger partial charge in [0.1, 0.15) is 0 Å². The predicted octanol–water partition coefficient (Wildman–Crippen LogP) is -0.420. The van der Waals surface area contributed by atoms with E-state index in [-0.39, 0.29) is 6.47 Å². The zero-order chi connectivity index (χ0) is 4.71. The number of carboxylic acid groups (broad SMARTS) is 1. The topological polar surface area (TPSA) is 54.4 Å². The maximum atomic E-state index is 8.36. The molecule has 0 aromatic carbocycles. The summed E-state index contributed by atoms with van der Waals surface area (Å²) in [7, 11) is 0. The van der Waals surface area contributed by atoms with Crippen LogP contribution >= 0.6 is 0 Å². The molecule has 4 heteroatoms. The zero-order valence-electron chi connectivity index (χ0n) is 2.19. The molecule has 3 nitrogen and oxygen atoms in total. The molecule has 0 saturated carbocycles. The second kappa shape index (κ2) is 47.3. The van der Waals surface area contributed by atoms with Crippen LogP contribution in [0.3, 0.4) is 0 Å². The van der Waals surface area contributed by atoms with Crippen molar-refractivity contribution in [3.05, 3.63) is 0 Å². The molecule has 0 atom stereocenters. The molecule has 0 aliphatic heterocycles. The Morgan fingerprint density at radius 3 is 1.60 bits per heavy atom. The summed E-state index contributed by atoms with van der Waals surface area (Å²) in [6.07, 6.45) is 0. The summed E-state index contributed by atoms with van der Waals surface area (Å²) in [6.45, 7) is -0.250. The fraction of sp³-hybridized carbons (Fsp3) is 0. The van der Waals surface area contributed by atoms with Crippen LogP contribution in [0.5, 0.6) is 0 Å². The van der Waals surface area contributed by atoms with E-state index in [1.54, 1.807) is 0 Å². The second-order valence-electron chi connectivity index (χ2n) is 0.105. The van der Waals surface area contributed by atoms with Crippen molar-refractivity contribution in [2.24, 2.45) is 0 Å². The summed E-state index contributed by atoms with van der Waals surface area (Å²) in [5.41, 5.74) is 0. The quantitative estimate of drug-likeness (QED) is 0.347. The van der Waals surface area contributed by atoms with Gasteiger partial charge in [0, 0.05) is 0 Å². The summed E-state index contributed by atoms with van der Waals surface area (Å²) in [5.74, 6) is 0. The van der Waals surface area contributed by atoms with Gasteiger partial charge in [-0.3, -0.25) is 4.79 Å². The van der Waals surface area contributed by atoms with Gasteiger partial charge in [0.15, 0.2) is 0 Å². The molecule has 0 fully saturated rings. The summed E-state index contributed by atoms with van der Waals surface area (Å²) < 4.78 is 8.00. The monoisotopic (exact) mass is 118 g/mol. The fourth-order valence-electron chi connectivity index (χ4n) is 0. The Morgan fingerprint density at radius 1 is 1.60 bits per heavy atom. The van der Waals surface area contributed by atoms with Crippen LogP contribution in [0.1, 0.15) is 0 Å². The van der Waals surface area contributed by atoms with Crippen LogP contribution in [0.25, 0.3) is 0 Å². The Morgan fingerprint density at radius 2 is 1.60 bits per heavy atom. The van der Waals surface area contributed by atoms with Crippen LogP contribution in [-0.4, -0.2) is 11.6 Å². The minimum atomic E-state index is -0.250. The third-order valence-corrected chi connectivity index (χ3v) is 0. The average Bonchev–Trinajstić information content (AvgIpc) is 1.46. The zero-order valence-corrected chi connectivity index (χ0v) is 3.30. The van der Waals surface area contributed by atoms with Crippen molar-refractivity contribution < 1.29 is 29.7 Å². The molecule has 0 radical (unpaired) electrons. The van der Waals surface area contributed by atoms with Gasteiger partial charge in [-0.25, -0.2) is 0 Å². The Balaban J connectivity index is 0. The molecule has 0 amide bonds. The molecule has 0 aliphatic carbocycles. The van der Waals surface area contributed by atoms with E-state index in [9.17, 15) is 0 Å². The molecule has 32 valence electrons. The van der Waals surface area contributed by atoms with Crippen molar-refractivity contribution in [3.63, 3.8) is 0 Å². The first-order valence-corrected chi connectivity index (χ1v) is 1.09. The van der Waals surface area contributed by atoms with E-state index in [2.05, 4.69) is 0 Å². The Bertz CT molecular complexity index is 20.9. The standard InChI is InChI=1S/CH2O2.Fe.O/c2-1-3;;/h1H,(H,2,3);;. The van der Waals surface area contributed by atoms with Gasteiger partial charge in [0.2, 0.25) is 0 Å². The van der Waals surface area contributed by atoms with E-state index in [0.717, 1.165) is 0 Å². The van der Waals surface area contributed by atoms with Gasteiger partial charge in [-0.2, -0.15) is 0 Å². The van der Waals surface area contributed by atoms with Crippen LogP contribution in [0.4, 0.5) is 0 Å². The summed E-state index contributed by atoms with van der Waals surface area (Å²) in [4.78, 5) is 8.36. The molecule has 1 N–H and O–H groups in total. The molecule has 0 rings (SSSR count). The molecule has 0 unspecified atom stereocenters. The molecule has 0 aromatic rings. The Kier molecular flexibility index (Phi) is 83.6. The van der Waals surface area contributed by atoms with Gasteiger partial charge in [0.25, 0.3) is 6.47 Å². The van der Waals surface area contributed by atoms with E-state index in [1.165, 1.54) is 0 Å². The van der Waals surface area contributed by atoms with Crippen molar-refractivity contribution in [2.45, 2.75) is 0 Å². The molecule has 0 spiro atoms. The molecular weight excluding hydrogens is 116 g/mol. The van der Waals surface area contributed by atoms with E-state index < -0.39 is 0 Å². The fourth-order valence-corrected chi connectivity index (χ4v) is 0. The average molecular weight is 118 g/mol. The van der Waals surface area contributed by atoms with E-state index in [1.807, 2.05) is 15.9 Å². The number of hydrogen-bond donors (Lipinski definition) is 1. The number of hydrogen-bond acceptors (Lipinski definition) is 2. The molecule has 0 aromatic heterocycles. The molecule has 5 heavy (non-hydrogen) atoms. The van der Waals surface area contributed by atoms with Gasteiger partial charge in [-0.15, -0.1) is 0 Å². The summed E-state index contributed by atoms with van der Waals surface area (Å²) >= 11 is 2.00.